The van der Waals surface area contributed by atoms with E-state index in [1.165, 1.54) is 38.5 Å². The van der Waals surface area contributed by atoms with Crippen molar-refractivity contribution in [2.45, 2.75) is 83.2 Å². The lowest BCUT2D eigenvalue weighted by Gasteiger charge is -2.50. The second kappa shape index (κ2) is 5.43. The molecule has 2 saturated carbocycles. The Morgan fingerprint density at radius 1 is 1.16 bits per heavy atom. The Hall–Kier alpha value is -0.570. The molecule has 2 fully saturated rings. The largest absolute Gasteiger partial charge is 0.481 e. The zero-order valence-electron chi connectivity index (χ0n) is 12.7. The van der Waals surface area contributed by atoms with Gasteiger partial charge in [0.05, 0.1) is 6.42 Å². The van der Waals surface area contributed by atoms with Gasteiger partial charge in [-0.2, -0.15) is 0 Å². The van der Waals surface area contributed by atoms with Crippen LogP contribution in [0.15, 0.2) is 0 Å². The van der Waals surface area contributed by atoms with Gasteiger partial charge in [-0.15, -0.1) is 0 Å². The summed E-state index contributed by atoms with van der Waals surface area (Å²) in [5, 5.41) is 9.33. The predicted octanol–water partition coefficient (Wildman–Crippen LogP) is 3.67. The van der Waals surface area contributed by atoms with E-state index in [0.29, 0.717) is 17.9 Å². The van der Waals surface area contributed by atoms with Crippen LogP contribution in [0.4, 0.5) is 0 Å². The van der Waals surface area contributed by atoms with Gasteiger partial charge in [-0.3, -0.25) is 9.69 Å². The molecule has 2 aliphatic rings. The van der Waals surface area contributed by atoms with Crippen LogP contribution in [0.5, 0.6) is 0 Å². The Labute approximate surface area is 117 Å². The van der Waals surface area contributed by atoms with Crippen molar-refractivity contribution in [2.75, 3.05) is 7.05 Å². The van der Waals surface area contributed by atoms with E-state index in [9.17, 15) is 9.90 Å². The van der Waals surface area contributed by atoms with Gasteiger partial charge in [-0.25, -0.2) is 0 Å². The summed E-state index contributed by atoms with van der Waals surface area (Å²) in [6, 6.07) is 0.546. The molecule has 0 radical (unpaired) electrons. The van der Waals surface area contributed by atoms with E-state index in [2.05, 4.69) is 25.8 Å². The molecule has 110 valence electrons. The van der Waals surface area contributed by atoms with Crippen molar-refractivity contribution in [1.29, 1.82) is 0 Å². The van der Waals surface area contributed by atoms with Crippen LogP contribution in [-0.4, -0.2) is 34.6 Å². The van der Waals surface area contributed by atoms with Gasteiger partial charge in [0, 0.05) is 11.6 Å². The molecule has 2 aliphatic carbocycles. The average molecular weight is 267 g/mol. The van der Waals surface area contributed by atoms with Crippen molar-refractivity contribution in [3.05, 3.63) is 0 Å². The van der Waals surface area contributed by atoms with Crippen LogP contribution >= 0.6 is 0 Å². The van der Waals surface area contributed by atoms with Crippen LogP contribution in [0.1, 0.15) is 71.6 Å². The van der Waals surface area contributed by atoms with Crippen LogP contribution < -0.4 is 0 Å². The van der Waals surface area contributed by atoms with Gasteiger partial charge in [0.15, 0.2) is 0 Å². The minimum atomic E-state index is -0.635. The van der Waals surface area contributed by atoms with Gasteiger partial charge < -0.3 is 5.11 Å². The minimum absolute atomic E-state index is 0.0869. The van der Waals surface area contributed by atoms with E-state index in [1.54, 1.807) is 0 Å². The van der Waals surface area contributed by atoms with E-state index in [-0.39, 0.29) is 5.54 Å². The smallest absolute Gasteiger partial charge is 0.305 e. The summed E-state index contributed by atoms with van der Waals surface area (Å²) in [4.78, 5) is 13.8. The van der Waals surface area contributed by atoms with E-state index < -0.39 is 5.97 Å². The van der Waals surface area contributed by atoms with Crippen molar-refractivity contribution >= 4 is 5.97 Å². The highest BCUT2D eigenvalue weighted by atomic mass is 16.4. The molecule has 3 heteroatoms. The normalized spacial score (nSPS) is 29.6. The lowest BCUT2D eigenvalue weighted by molar-refractivity contribution is -0.142. The van der Waals surface area contributed by atoms with Crippen molar-refractivity contribution < 1.29 is 9.90 Å². The number of rotatable bonds is 4. The molecular formula is C16H29NO2. The van der Waals surface area contributed by atoms with Crippen LogP contribution in [0, 0.1) is 5.41 Å². The van der Waals surface area contributed by atoms with E-state index in [0.717, 1.165) is 12.8 Å². The molecule has 0 amide bonds. The van der Waals surface area contributed by atoms with Crippen LogP contribution in [0.2, 0.25) is 0 Å². The number of aliphatic carboxylic acids is 1. The molecule has 2 rings (SSSR count). The molecule has 0 aliphatic heterocycles. The van der Waals surface area contributed by atoms with Crippen LogP contribution in [0.25, 0.3) is 0 Å². The first-order valence-electron chi connectivity index (χ1n) is 7.82. The molecular weight excluding hydrogens is 238 g/mol. The first-order chi connectivity index (χ1) is 8.87. The highest BCUT2D eigenvalue weighted by Gasteiger charge is 2.46. The molecule has 0 aromatic heterocycles. The van der Waals surface area contributed by atoms with Gasteiger partial charge in [0.25, 0.3) is 0 Å². The zero-order valence-corrected chi connectivity index (χ0v) is 12.7. The standard InChI is InChI=1S/C16H29NO2/c1-15(2)9-7-8-13(15)17(3)16(12-14(18)19)10-5-4-6-11-16/h13H,4-12H2,1-3H3,(H,18,19). The van der Waals surface area contributed by atoms with Crippen LogP contribution in [-0.2, 0) is 4.79 Å². The number of carbonyl (C=O) groups is 1. The Morgan fingerprint density at radius 3 is 2.26 bits per heavy atom. The Bertz CT molecular complexity index is 332. The summed E-state index contributed by atoms with van der Waals surface area (Å²) in [6.45, 7) is 4.69. The summed E-state index contributed by atoms with van der Waals surface area (Å²) in [7, 11) is 2.19. The lowest BCUT2D eigenvalue weighted by Crippen LogP contribution is -2.56. The molecule has 0 bridgehead atoms. The molecule has 1 N–H and O–H groups in total. The highest BCUT2D eigenvalue weighted by Crippen LogP contribution is 2.46. The van der Waals surface area contributed by atoms with E-state index in [1.807, 2.05) is 0 Å². The third kappa shape index (κ3) is 2.96. The van der Waals surface area contributed by atoms with Gasteiger partial charge in [-0.1, -0.05) is 39.5 Å². The third-order valence-electron chi connectivity index (χ3n) is 5.68. The predicted molar refractivity (Wildman–Crippen MR) is 77.3 cm³/mol. The second-order valence-electron chi connectivity index (χ2n) is 7.36. The minimum Gasteiger partial charge on any atom is -0.481 e. The van der Waals surface area contributed by atoms with Crippen molar-refractivity contribution in [1.82, 2.24) is 4.90 Å². The molecule has 0 aromatic carbocycles. The van der Waals surface area contributed by atoms with Crippen molar-refractivity contribution in [3.8, 4) is 0 Å². The Balaban J connectivity index is 2.19. The number of carboxylic acid groups (broad SMARTS) is 1. The summed E-state index contributed by atoms with van der Waals surface area (Å²) in [6.07, 6.45) is 9.85. The number of hydrogen-bond donors (Lipinski definition) is 1. The highest BCUT2D eigenvalue weighted by molar-refractivity contribution is 5.68. The molecule has 0 heterocycles. The molecule has 19 heavy (non-hydrogen) atoms. The second-order valence-corrected chi connectivity index (χ2v) is 7.36. The van der Waals surface area contributed by atoms with Crippen molar-refractivity contribution in [2.24, 2.45) is 5.41 Å². The molecule has 3 nitrogen and oxygen atoms in total. The fraction of sp³-hybridized carbons (Fsp3) is 0.938. The first-order valence-corrected chi connectivity index (χ1v) is 7.82. The molecule has 0 aromatic rings. The molecule has 1 unspecified atom stereocenters. The average Bonchev–Trinajstić information content (AvgIpc) is 2.68. The first kappa shape index (κ1) is 14.8. The Kier molecular flexibility index (Phi) is 4.24. The fourth-order valence-electron chi connectivity index (χ4n) is 4.50. The molecule has 1 atom stereocenters. The SMILES string of the molecule is CN(C1CCCC1(C)C)C1(CC(=O)O)CCCCC1. The van der Waals surface area contributed by atoms with Crippen molar-refractivity contribution in [3.63, 3.8) is 0 Å². The Morgan fingerprint density at radius 2 is 1.79 bits per heavy atom. The fourth-order valence-corrected chi connectivity index (χ4v) is 4.50. The van der Waals surface area contributed by atoms with Crippen LogP contribution in [0.3, 0.4) is 0 Å². The van der Waals surface area contributed by atoms with Gasteiger partial charge in [0.1, 0.15) is 0 Å². The van der Waals surface area contributed by atoms with E-state index in [4.69, 9.17) is 0 Å². The summed E-state index contributed by atoms with van der Waals surface area (Å²) < 4.78 is 0. The van der Waals surface area contributed by atoms with Gasteiger partial charge in [0.2, 0.25) is 0 Å². The number of hydrogen-bond acceptors (Lipinski definition) is 2. The van der Waals surface area contributed by atoms with Gasteiger partial charge >= 0.3 is 5.97 Å². The lowest BCUT2D eigenvalue weighted by atomic mass is 9.75. The summed E-state index contributed by atoms with van der Waals surface area (Å²) >= 11 is 0. The maximum atomic E-state index is 11.3. The summed E-state index contributed by atoms with van der Waals surface area (Å²) in [5.74, 6) is -0.635. The third-order valence-corrected chi connectivity index (χ3v) is 5.68. The number of nitrogens with zero attached hydrogens (tertiary/aromatic N) is 1. The number of carboxylic acids is 1. The molecule has 0 saturated heterocycles. The summed E-state index contributed by atoms with van der Waals surface area (Å²) in [5.41, 5.74) is 0.244. The topological polar surface area (TPSA) is 40.5 Å². The maximum absolute atomic E-state index is 11.3. The molecule has 0 spiro atoms. The van der Waals surface area contributed by atoms with Gasteiger partial charge in [-0.05, 0) is 38.1 Å². The zero-order chi connectivity index (χ0) is 14.1. The quantitative estimate of drug-likeness (QED) is 0.844. The monoisotopic (exact) mass is 267 g/mol. The van der Waals surface area contributed by atoms with E-state index >= 15 is 0 Å². The maximum Gasteiger partial charge on any atom is 0.305 e.